The quantitative estimate of drug-likeness (QED) is 0.620. The summed E-state index contributed by atoms with van der Waals surface area (Å²) in [5, 5.41) is 0. The van der Waals surface area contributed by atoms with Gasteiger partial charge in [0.25, 0.3) is 0 Å². The van der Waals surface area contributed by atoms with Crippen LogP contribution >= 0.6 is 0 Å². The lowest BCUT2D eigenvalue weighted by Gasteiger charge is -2.14. The van der Waals surface area contributed by atoms with Crippen LogP contribution in [0.2, 0.25) is 0 Å². The van der Waals surface area contributed by atoms with E-state index in [4.69, 9.17) is 5.73 Å². The third-order valence-electron chi connectivity index (χ3n) is 1.87. The van der Waals surface area contributed by atoms with Crippen LogP contribution in [0.3, 0.4) is 0 Å². The van der Waals surface area contributed by atoms with Crippen molar-refractivity contribution in [3.05, 3.63) is 12.2 Å². The summed E-state index contributed by atoms with van der Waals surface area (Å²) < 4.78 is 0. The van der Waals surface area contributed by atoms with Gasteiger partial charge < -0.3 is 5.73 Å². The Labute approximate surface area is 70.7 Å². The zero-order valence-electron chi connectivity index (χ0n) is 8.17. The molecule has 0 aliphatic carbocycles. The monoisotopic (exact) mass is 155 g/mol. The molecule has 0 aliphatic rings. The first kappa shape index (κ1) is 10.7. The predicted octanol–water partition coefficient (Wildman–Crippen LogP) is 2.43. The average Bonchev–Trinajstić information content (AvgIpc) is 1.87. The Morgan fingerprint density at radius 3 is 1.91 bits per heavy atom. The third kappa shape index (κ3) is 5.02. The summed E-state index contributed by atoms with van der Waals surface area (Å²) in [6, 6.07) is 0. The predicted molar refractivity (Wildman–Crippen MR) is 51.4 cm³/mol. The Morgan fingerprint density at radius 2 is 1.64 bits per heavy atom. The number of rotatable bonds is 4. The topological polar surface area (TPSA) is 26.0 Å². The fraction of sp³-hybridized carbons (Fsp3) is 0.800. The van der Waals surface area contributed by atoms with Crippen molar-refractivity contribution in [2.75, 3.05) is 6.54 Å². The lowest BCUT2D eigenvalue weighted by Crippen LogP contribution is -2.17. The molecular formula is C10H21N. The molecule has 0 spiro atoms. The van der Waals surface area contributed by atoms with E-state index in [0.29, 0.717) is 17.8 Å². The van der Waals surface area contributed by atoms with Gasteiger partial charge in [-0.2, -0.15) is 0 Å². The van der Waals surface area contributed by atoms with Gasteiger partial charge in [0.2, 0.25) is 0 Å². The van der Waals surface area contributed by atoms with Crippen LogP contribution in [0.25, 0.3) is 0 Å². The SMILES string of the molecule is CC(C)C=CC(CN)C(C)C. The van der Waals surface area contributed by atoms with Crippen LogP contribution in [0.1, 0.15) is 27.7 Å². The first-order valence-electron chi connectivity index (χ1n) is 4.46. The van der Waals surface area contributed by atoms with Crippen LogP contribution in [0.4, 0.5) is 0 Å². The van der Waals surface area contributed by atoms with Gasteiger partial charge in [0.15, 0.2) is 0 Å². The average molecular weight is 155 g/mol. The van der Waals surface area contributed by atoms with E-state index in [-0.39, 0.29) is 0 Å². The smallest absolute Gasteiger partial charge is 0.00117 e. The van der Waals surface area contributed by atoms with Crippen molar-refractivity contribution in [2.24, 2.45) is 23.5 Å². The zero-order chi connectivity index (χ0) is 8.85. The third-order valence-corrected chi connectivity index (χ3v) is 1.87. The largest absolute Gasteiger partial charge is 0.330 e. The number of allylic oxidation sites excluding steroid dienone is 1. The normalized spacial score (nSPS) is 15.2. The molecule has 1 heteroatoms. The molecule has 1 unspecified atom stereocenters. The van der Waals surface area contributed by atoms with E-state index in [1.54, 1.807) is 0 Å². The van der Waals surface area contributed by atoms with Crippen LogP contribution < -0.4 is 5.73 Å². The summed E-state index contributed by atoms with van der Waals surface area (Å²) in [6.07, 6.45) is 4.48. The van der Waals surface area contributed by atoms with Crippen molar-refractivity contribution in [1.82, 2.24) is 0 Å². The summed E-state index contributed by atoms with van der Waals surface area (Å²) in [4.78, 5) is 0. The first-order valence-corrected chi connectivity index (χ1v) is 4.46. The van der Waals surface area contributed by atoms with Crippen LogP contribution in [-0.2, 0) is 0 Å². The van der Waals surface area contributed by atoms with Gasteiger partial charge in [-0.05, 0) is 24.3 Å². The van der Waals surface area contributed by atoms with Gasteiger partial charge in [-0.3, -0.25) is 0 Å². The lowest BCUT2D eigenvalue weighted by atomic mass is 9.94. The molecule has 2 N–H and O–H groups in total. The van der Waals surface area contributed by atoms with Crippen molar-refractivity contribution in [3.8, 4) is 0 Å². The molecule has 0 saturated carbocycles. The molecule has 0 aliphatic heterocycles. The molecule has 11 heavy (non-hydrogen) atoms. The molecule has 0 fully saturated rings. The molecule has 0 heterocycles. The van der Waals surface area contributed by atoms with E-state index < -0.39 is 0 Å². The summed E-state index contributed by atoms with van der Waals surface area (Å²) in [7, 11) is 0. The Bertz CT molecular complexity index is 114. The van der Waals surface area contributed by atoms with E-state index in [1.807, 2.05) is 0 Å². The maximum Gasteiger partial charge on any atom is -0.00117 e. The minimum Gasteiger partial charge on any atom is -0.330 e. The molecule has 0 aromatic carbocycles. The summed E-state index contributed by atoms with van der Waals surface area (Å²) >= 11 is 0. The van der Waals surface area contributed by atoms with Gasteiger partial charge in [0.05, 0.1) is 0 Å². The van der Waals surface area contributed by atoms with Crippen LogP contribution in [0.5, 0.6) is 0 Å². The molecule has 0 amide bonds. The molecule has 1 atom stereocenters. The first-order chi connectivity index (χ1) is 5.07. The second-order valence-corrected chi connectivity index (χ2v) is 3.77. The van der Waals surface area contributed by atoms with Gasteiger partial charge in [0, 0.05) is 0 Å². The standard InChI is InChI=1S/C10H21N/c1-8(2)5-6-10(7-11)9(3)4/h5-6,8-10H,7,11H2,1-4H3. The van der Waals surface area contributed by atoms with Crippen molar-refractivity contribution >= 4 is 0 Å². The van der Waals surface area contributed by atoms with Crippen molar-refractivity contribution < 1.29 is 0 Å². The lowest BCUT2D eigenvalue weighted by molar-refractivity contribution is 0.473. The Hall–Kier alpha value is -0.300. The van der Waals surface area contributed by atoms with Crippen molar-refractivity contribution in [2.45, 2.75) is 27.7 Å². The van der Waals surface area contributed by atoms with E-state index >= 15 is 0 Å². The number of hydrogen-bond acceptors (Lipinski definition) is 1. The molecule has 0 saturated heterocycles. The highest BCUT2D eigenvalue weighted by molar-refractivity contribution is 4.92. The van der Waals surface area contributed by atoms with Gasteiger partial charge in [0.1, 0.15) is 0 Å². The van der Waals surface area contributed by atoms with Gasteiger partial charge in [-0.1, -0.05) is 39.8 Å². The molecule has 0 radical (unpaired) electrons. The maximum absolute atomic E-state index is 5.61. The van der Waals surface area contributed by atoms with Gasteiger partial charge in [-0.25, -0.2) is 0 Å². The second-order valence-electron chi connectivity index (χ2n) is 3.77. The summed E-state index contributed by atoms with van der Waals surface area (Å²) in [5.41, 5.74) is 5.61. The van der Waals surface area contributed by atoms with Crippen LogP contribution in [-0.4, -0.2) is 6.54 Å². The fourth-order valence-electron chi connectivity index (χ4n) is 0.938. The molecule has 0 aromatic heterocycles. The van der Waals surface area contributed by atoms with Gasteiger partial charge >= 0.3 is 0 Å². The summed E-state index contributed by atoms with van der Waals surface area (Å²) in [6.45, 7) is 9.56. The fourth-order valence-corrected chi connectivity index (χ4v) is 0.938. The van der Waals surface area contributed by atoms with Crippen molar-refractivity contribution in [3.63, 3.8) is 0 Å². The highest BCUT2D eigenvalue weighted by Gasteiger charge is 2.06. The van der Waals surface area contributed by atoms with Crippen LogP contribution in [0, 0.1) is 17.8 Å². The van der Waals surface area contributed by atoms with E-state index in [2.05, 4.69) is 39.8 Å². The van der Waals surface area contributed by atoms with E-state index in [0.717, 1.165) is 6.54 Å². The van der Waals surface area contributed by atoms with E-state index in [9.17, 15) is 0 Å². The van der Waals surface area contributed by atoms with E-state index in [1.165, 1.54) is 0 Å². The second kappa shape index (κ2) is 5.36. The number of nitrogens with two attached hydrogens (primary N) is 1. The highest BCUT2D eigenvalue weighted by Crippen LogP contribution is 2.11. The molecule has 0 rings (SSSR count). The molecule has 0 bridgehead atoms. The highest BCUT2D eigenvalue weighted by atomic mass is 14.5. The molecule has 66 valence electrons. The summed E-state index contributed by atoms with van der Waals surface area (Å²) in [5.74, 6) is 1.86. The minimum absolute atomic E-state index is 0.553. The van der Waals surface area contributed by atoms with Crippen LogP contribution in [0.15, 0.2) is 12.2 Å². The maximum atomic E-state index is 5.61. The Balaban J connectivity index is 3.87. The van der Waals surface area contributed by atoms with Crippen molar-refractivity contribution in [1.29, 1.82) is 0 Å². The zero-order valence-corrected chi connectivity index (χ0v) is 8.17. The molecule has 0 aromatic rings. The number of hydrogen-bond donors (Lipinski definition) is 1. The molecule has 1 nitrogen and oxygen atoms in total. The Morgan fingerprint density at radius 1 is 1.09 bits per heavy atom. The van der Waals surface area contributed by atoms with Gasteiger partial charge in [-0.15, -0.1) is 0 Å². The molecular weight excluding hydrogens is 134 g/mol. The minimum atomic E-state index is 0.553. The Kier molecular flexibility index (Phi) is 5.22.